The molecule has 2 heterocycles. The molecule has 7 unspecified atom stereocenters. The van der Waals surface area contributed by atoms with Gasteiger partial charge in [0, 0.05) is 24.3 Å². The van der Waals surface area contributed by atoms with Crippen molar-refractivity contribution in [3.8, 4) is 0 Å². The monoisotopic (exact) mass is 378 g/mol. The Morgan fingerprint density at radius 1 is 1.33 bits per heavy atom. The van der Waals surface area contributed by atoms with Crippen molar-refractivity contribution in [2.24, 2.45) is 11.8 Å². The van der Waals surface area contributed by atoms with Gasteiger partial charge >= 0.3 is 11.9 Å². The number of epoxide rings is 1. The van der Waals surface area contributed by atoms with Crippen LogP contribution in [0.1, 0.15) is 40.5 Å². The Balaban J connectivity index is 1.92. The lowest BCUT2D eigenvalue weighted by Gasteiger charge is -2.34. The zero-order valence-electron chi connectivity index (χ0n) is 16.1. The van der Waals surface area contributed by atoms with Gasteiger partial charge in [0.25, 0.3) is 0 Å². The van der Waals surface area contributed by atoms with E-state index in [1.54, 1.807) is 27.7 Å². The number of carbonyl (C=O) groups is 3. The van der Waals surface area contributed by atoms with E-state index in [1.807, 2.05) is 0 Å². The van der Waals surface area contributed by atoms with Crippen molar-refractivity contribution >= 4 is 17.7 Å². The van der Waals surface area contributed by atoms with E-state index in [-0.39, 0.29) is 23.9 Å². The zero-order chi connectivity index (χ0) is 20.1. The van der Waals surface area contributed by atoms with Crippen LogP contribution in [0.15, 0.2) is 23.8 Å². The standard InChI is InChI=1S/C20H26O7/c1-9-6-13(21)8-10(2)17(26-19(24)20(5)12(4)27-20)16(22)15-11(3)18(23)25-14(15)7-9/h6,10,12,14-17,22H,3,7-8H2,1-2,4-5H3/b9-6-. The van der Waals surface area contributed by atoms with Gasteiger partial charge in [0.15, 0.2) is 11.4 Å². The molecule has 0 aromatic heterocycles. The smallest absolute Gasteiger partial charge is 0.341 e. The molecule has 0 amide bonds. The van der Waals surface area contributed by atoms with Gasteiger partial charge < -0.3 is 19.3 Å². The van der Waals surface area contributed by atoms with Gasteiger partial charge in [0.05, 0.1) is 12.0 Å². The molecule has 0 aromatic rings. The van der Waals surface area contributed by atoms with E-state index < -0.39 is 47.7 Å². The van der Waals surface area contributed by atoms with Crippen LogP contribution in [0.5, 0.6) is 0 Å². The second-order valence-electron chi connectivity index (χ2n) is 8.06. The molecule has 0 spiro atoms. The van der Waals surface area contributed by atoms with Crippen LogP contribution in [0.3, 0.4) is 0 Å². The molecular weight excluding hydrogens is 352 g/mol. The first-order chi connectivity index (χ1) is 12.5. The first-order valence-corrected chi connectivity index (χ1v) is 9.21. The van der Waals surface area contributed by atoms with E-state index in [1.165, 1.54) is 6.08 Å². The summed E-state index contributed by atoms with van der Waals surface area (Å²) in [5.74, 6) is -2.46. The molecule has 7 atom stereocenters. The Kier molecular flexibility index (Phi) is 5.03. The zero-order valence-corrected chi connectivity index (χ0v) is 16.1. The number of allylic oxidation sites excluding steroid dienone is 1. The van der Waals surface area contributed by atoms with E-state index >= 15 is 0 Å². The molecule has 1 aliphatic carbocycles. The summed E-state index contributed by atoms with van der Waals surface area (Å²) < 4.78 is 16.3. The van der Waals surface area contributed by atoms with Crippen LogP contribution in [0.2, 0.25) is 0 Å². The van der Waals surface area contributed by atoms with E-state index in [4.69, 9.17) is 14.2 Å². The molecule has 0 saturated carbocycles. The lowest BCUT2D eigenvalue weighted by Crippen LogP contribution is -2.47. The topological polar surface area (TPSA) is 102 Å². The van der Waals surface area contributed by atoms with Crippen molar-refractivity contribution in [2.75, 3.05) is 0 Å². The molecule has 0 bridgehead atoms. The van der Waals surface area contributed by atoms with Crippen LogP contribution < -0.4 is 0 Å². The van der Waals surface area contributed by atoms with E-state index in [2.05, 4.69) is 6.58 Å². The summed E-state index contributed by atoms with van der Waals surface area (Å²) in [7, 11) is 0. The minimum Gasteiger partial charge on any atom is -0.458 e. The number of aliphatic hydroxyl groups excluding tert-OH is 1. The lowest BCUT2D eigenvalue weighted by molar-refractivity contribution is -0.169. The quantitative estimate of drug-likeness (QED) is 0.441. The Morgan fingerprint density at radius 2 is 1.96 bits per heavy atom. The van der Waals surface area contributed by atoms with E-state index in [0.29, 0.717) is 6.42 Å². The maximum atomic E-state index is 12.5. The molecular formula is C20H26O7. The fourth-order valence-corrected chi connectivity index (χ4v) is 3.90. The molecule has 2 saturated heterocycles. The fourth-order valence-electron chi connectivity index (χ4n) is 3.90. The number of ether oxygens (including phenoxy) is 3. The average molecular weight is 378 g/mol. The minimum atomic E-state index is -1.22. The highest BCUT2D eigenvalue weighted by molar-refractivity contribution is 5.92. The third kappa shape index (κ3) is 3.58. The molecule has 148 valence electrons. The number of rotatable bonds is 2. The highest BCUT2D eigenvalue weighted by Crippen LogP contribution is 2.40. The summed E-state index contributed by atoms with van der Waals surface area (Å²) in [6.45, 7) is 10.7. The number of esters is 2. The summed E-state index contributed by atoms with van der Waals surface area (Å²) in [4.78, 5) is 36.9. The average Bonchev–Trinajstić information content (AvgIpc) is 3.08. The molecule has 3 aliphatic rings. The third-order valence-electron chi connectivity index (χ3n) is 5.83. The Hall–Kier alpha value is -1.99. The molecule has 7 heteroatoms. The van der Waals surface area contributed by atoms with Crippen LogP contribution in [-0.4, -0.2) is 52.8 Å². The first-order valence-electron chi connectivity index (χ1n) is 9.21. The van der Waals surface area contributed by atoms with E-state index in [0.717, 1.165) is 5.57 Å². The molecule has 0 aromatic carbocycles. The van der Waals surface area contributed by atoms with E-state index in [9.17, 15) is 19.5 Å². The van der Waals surface area contributed by atoms with Crippen molar-refractivity contribution in [1.29, 1.82) is 0 Å². The van der Waals surface area contributed by atoms with Gasteiger partial charge in [0.2, 0.25) is 0 Å². The fraction of sp³-hybridized carbons (Fsp3) is 0.650. The predicted octanol–water partition coefficient (Wildman–Crippen LogP) is 1.48. The second-order valence-corrected chi connectivity index (χ2v) is 8.06. The maximum absolute atomic E-state index is 12.5. The van der Waals surface area contributed by atoms with Crippen molar-refractivity contribution in [2.45, 2.75) is 70.6 Å². The number of fused-ring (bicyclic) bond motifs is 1. The number of aliphatic hydroxyl groups is 1. The summed E-state index contributed by atoms with van der Waals surface area (Å²) in [6, 6.07) is 0. The van der Waals surface area contributed by atoms with Gasteiger partial charge in [-0.2, -0.15) is 0 Å². The molecule has 1 N–H and O–H groups in total. The molecule has 7 nitrogen and oxygen atoms in total. The van der Waals surface area contributed by atoms with Crippen LogP contribution in [0, 0.1) is 11.8 Å². The highest BCUT2D eigenvalue weighted by atomic mass is 16.7. The van der Waals surface area contributed by atoms with Crippen LogP contribution in [0.25, 0.3) is 0 Å². The maximum Gasteiger partial charge on any atom is 0.341 e. The van der Waals surface area contributed by atoms with Crippen LogP contribution >= 0.6 is 0 Å². The van der Waals surface area contributed by atoms with Gasteiger partial charge in [-0.15, -0.1) is 0 Å². The van der Waals surface area contributed by atoms with Crippen molar-refractivity contribution in [3.05, 3.63) is 23.8 Å². The van der Waals surface area contributed by atoms with Gasteiger partial charge in [-0.1, -0.05) is 19.1 Å². The predicted molar refractivity (Wildman–Crippen MR) is 94.5 cm³/mol. The SMILES string of the molecule is C=C1C(=O)OC2C/C(C)=C\C(=O)CC(C)C(OC(=O)C3(C)OC3C)C(O)C12. The van der Waals surface area contributed by atoms with Crippen LogP contribution in [0.4, 0.5) is 0 Å². The summed E-state index contributed by atoms with van der Waals surface area (Å²) in [5, 5.41) is 11.1. The number of hydrogen-bond acceptors (Lipinski definition) is 7. The first kappa shape index (κ1) is 19.8. The van der Waals surface area contributed by atoms with Gasteiger partial charge in [-0.25, -0.2) is 9.59 Å². The van der Waals surface area contributed by atoms with Crippen molar-refractivity contribution in [3.63, 3.8) is 0 Å². The van der Waals surface area contributed by atoms with Crippen molar-refractivity contribution in [1.82, 2.24) is 0 Å². The van der Waals surface area contributed by atoms with Gasteiger partial charge in [-0.05, 0) is 26.8 Å². The molecule has 0 radical (unpaired) electrons. The number of hydrogen-bond donors (Lipinski definition) is 1. The number of carbonyl (C=O) groups excluding carboxylic acids is 3. The second kappa shape index (κ2) is 6.87. The lowest BCUT2D eigenvalue weighted by atomic mass is 9.80. The minimum absolute atomic E-state index is 0.109. The summed E-state index contributed by atoms with van der Waals surface area (Å²) >= 11 is 0. The Labute approximate surface area is 158 Å². The molecule has 3 rings (SSSR count). The van der Waals surface area contributed by atoms with Crippen LogP contribution in [-0.2, 0) is 28.6 Å². The Bertz CT molecular complexity index is 724. The normalized spacial score (nSPS) is 44.0. The molecule has 2 aliphatic heterocycles. The van der Waals surface area contributed by atoms with Crippen molar-refractivity contribution < 1.29 is 33.7 Å². The molecule has 2 fully saturated rings. The number of ketones is 1. The summed E-state index contributed by atoms with van der Waals surface area (Å²) in [5.41, 5.74) is -0.129. The third-order valence-corrected chi connectivity index (χ3v) is 5.83. The van der Waals surface area contributed by atoms with Gasteiger partial charge in [-0.3, -0.25) is 4.79 Å². The Morgan fingerprint density at radius 3 is 2.56 bits per heavy atom. The summed E-state index contributed by atoms with van der Waals surface area (Å²) in [6.07, 6.45) is -1.19. The largest absolute Gasteiger partial charge is 0.458 e. The van der Waals surface area contributed by atoms with Gasteiger partial charge in [0.1, 0.15) is 18.3 Å². The highest BCUT2D eigenvalue weighted by Gasteiger charge is 2.58. The molecule has 27 heavy (non-hydrogen) atoms.